The normalized spacial score (nSPS) is 16.0. The zero-order valence-corrected chi connectivity index (χ0v) is 7.64. The van der Waals surface area contributed by atoms with Crippen molar-refractivity contribution in [1.82, 2.24) is 9.38 Å². The summed E-state index contributed by atoms with van der Waals surface area (Å²) in [5.74, 6) is 0.828. The number of imidazole rings is 1. The molecule has 1 aliphatic rings. The highest BCUT2D eigenvalue weighted by Gasteiger charge is 2.23. The summed E-state index contributed by atoms with van der Waals surface area (Å²) in [5.41, 5.74) is 0.746. The van der Waals surface area contributed by atoms with Gasteiger partial charge in [0.2, 0.25) is 11.8 Å². The van der Waals surface area contributed by atoms with Gasteiger partial charge in [-0.1, -0.05) is 6.07 Å². The highest BCUT2D eigenvalue weighted by Crippen LogP contribution is 2.27. The number of anilines is 1. The Balaban J connectivity index is 2.12. The van der Waals surface area contributed by atoms with E-state index in [2.05, 4.69) is 10.3 Å². The maximum Gasteiger partial charge on any atom is 0.239 e. The third kappa shape index (κ3) is 1.11. The number of aromatic hydroxyl groups is 1. The van der Waals surface area contributed by atoms with Gasteiger partial charge in [0.15, 0.2) is 0 Å². The summed E-state index contributed by atoms with van der Waals surface area (Å²) in [5, 5.41) is 12.8. The number of aromatic nitrogens is 2. The van der Waals surface area contributed by atoms with Crippen LogP contribution in [0.4, 0.5) is 5.95 Å². The van der Waals surface area contributed by atoms with Crippen LogP contribution < -0.4 is 5.32 Å². The van der Waals surface area contributed by atoms with Crippen molar-refractivity contribution >= 4 is 11.5 Å². The van der Waals surface area contributed by atoms with Gasteiger partial charge < -0.3 is 10.4 Å². The average molecular weight is 189 g/mol. The summed E-state index contributed by atoms with van der Waals surface area (Å²) in [6.07, 6.45) is 4.29. The lowest BCUT2D eigenvalue weighted by Crippen LogP contribution is -2.04. The molecule has 0 radical (unpaired) electrons. The lowest BCUT2D eigenvalue weighted by Gasteiger charge is -2.01. The lowest BCUT2D eigenvalue weighted by atomic mass is 10.4. The Bertz CT molecular complexity index is 473. The Labute approximate surface area is 81.2 Å². The van der Waals surface area contributed by atoms with Crippen LogP contribution in [0.25, 0.3) is 5.52 Å². The summed E-state index contributed by atoms with van der Waals surface area (Å²) in [6.45, 7) is 0. The Morgan fingerprint density at radius 2 is 2.29 bits per heavy atom. The fourth-order valence-electron chi connectivity index (χ4n) is 1.53. The van der Waals surface area contributed by atoms with Crippen molar-refractivity contribution < 1.29 is 5.11 Å². The third-order valence-electron chi connectivity index (χ3n) is 2.44. The SMILES string of the molecule is Oc1nc(NC2CC2)n2ccccc12. The number of fused-ring (bicyclic) bond motifs is 1. The van der Waals surface area contributed by atoms with E-state index in [0.717, 1.165) is 11.5 Å². The molecule has 0 aliphatic heterocycles. The van der Waals surface area contributed by atoms with E-state index >= 15 is 0 Å². The Morgan fingerprint density at radius 1 is 1.43 bits per heavy atom. The molecule has 72 valence electrons. The molecule has 1 saturated carbocycles. The van der Waals surface area contributed by atoms with Gasteiger partial charge in [-0.25, -0.2) is 0 Å². The summed E-state index contributed by atoms with van der Waals surface area (Å²) in [7, 11) is 0. The maximum atomic E-state index is 9.55. The fraction of sp³-hybridized carbons (Fsp3) is 0.300. The van der Waals surface area contributed by atoms with Crippen molar-refractivity contribution in [2.45, 2.75) is 18.9 Å². The molecule has 0 bridgehead atoms. The molecule has 0 amide bonds. The highest BCUT2D eigenvalue weighted by molar-refractivity contribution is 5.61. The van der Waals surface area contributed by atoms with Crippen LogP contribution in [0.15, 0.2) is 24.4 Å². The second-order valence-electron chi connectivity index (χ2n) is 3.63. The summed E-state index contributed by atoms with van der Waals surface area (Å²) in [6, 6.07) is 6.20. The molecule has 1 fully saturated rings. The van der Waals surface area contributed by atoms with Crippen LogP contribution in [-0.4, -0.2) is 20.5 Å². The summed E-state index contributed by atoms with van der Waals surface area (Å²) < 4.78 is 1.87. The van der Waals surface area contributed by atoms with Crippen molar-refractivity contribution in [3.63, 3.8) is 0 Å². The van der Waals surface area contributed by atoms with Crippen LogP contribution in [0.3, 0.4) is 0 Å². The van der Waals surface area contributed by atoms with Gasteiger partial charge >= 0.3 is 0 Å². The van der Waals surface area contributed by atoms with E-state index in [1.807, 2.05) is 28.8 Å². The van der Waals surface area contributed by atoms with E-state index in [4.69, 9.17) is 0 Å². The molecule has 2 heterocycles. The first kappa shape index (κ1) is 7.67. The standard InChI is InChI=1S/C10H11N3O/c14-9-8-3-1-2-6-13(8)10(12-9)11-7-4-5-7/h1-3,6-7,14H,4-5H2,(H,11,12). The van der Waals surface area contributed by atoms with Crippen molar-refractivity contribution in [3.8, 4) is 5.88 Å². The van der Waals surface area contributed by atoms with E-state index < -0.39 is 0 Å². The maximum absolute atomic E-state index is 9.55. The first-order chi connectivity index (χ1) is 6.84. The second-order valence-corrected chi connectivity index (χ2v) is 3.63. The molecule has 2 N–H and O–H groups in total. The van der Waals surface area contributed by atoms with Crippen LogP contribution in [-0.2, 0) is 0 Å². The minimum Gasteiger partial charge on any atom is -0.492 e. The van der Waals surface area contributed by atoms with Crippen LogP contribution in [0.1, 0.15) is 12.8 Å². The molecule has 0 aromatic carbocycles. The highest BCUT2D eigenvalue weighted by atomic mass is 16.3. The number of nitrogens with zero attached hydrogens (tertiary/aromatic N) is 2. The first-order valence-electron chi connectivity index (χ1n) is 4.77. The molecule has 0 unspecified atom stereocenters. The van der Waals surface area contributed by atoms with Gasteiger partial charge in [0.25, 0.3) is 0 Å². The molecule has 4 nitrogen and oxygen atoms in total. The molecule has 1 aliphatic carbocycles. The molecule has 0 spiro atoms. The van der Waals surface area contributed by atoms with Gasteiger partial charge in [-0.3, -0.25) is 4.40 Å². The zero-order valence-electron chi connectivity index (χ0n) is 7.64. The quantitative estimate of drug-likeness (QED) is 0.754. The van der Waals surface area contributed by atoms with Gasteiger partial charge in [0, 0.05) is 12.2 Å². The molecule has 2 aromatic heterocycles. The summed E-state index contributed by atoms with van der Waals surface area (Å²) in [4.78, 5) is 4.08. The Kier molecular flexibility index (Phi) is 1.45. The minimum absolute atomic E-state index is 0.0914. The van der Waals surface area contributed by atoms with E-state index in [1.54, 1.807) is 0 Å². The third-order valence-corrected chi connectivity index (χ3v) is 2.44. The zero-order chi connectivity index (χ0) is 9.54. The topological polar surface area (TPSA) is 49.6 Å². The number of hydrogen-bond acceptors (Lipinski definition) is 3. The molecular formula is C10H11N3O. The molecular weight excluding hydrogens is 178 g/mol. The molecule has 4 heteroatoms. The minimum atomic E-state index is 0.0914. The molecule has 14 heavy (non-hydrogen) atoms. The van der Waals surface area contributed by atoms with Gasteiger partial charge in [-0.15, -0.1) is 0 Å². The summed E-state index contributed by atoms with van der Waals surface area (Å²) >= 11 is 0. The van der Waals surface area contributed by atoms with E-state index in [1.165, 1.54) is 12.8 Å². The van der Waals surface area contributed by atoms with Gasteiger partial charge in [-0.2, -0.15) is 4.98 Å². The monoisotopic (exact) mass is 189 g/mol. The fourth-order valence-corrected chi connectivity index (χ4v) is 1.53. The largest absolute Gasteiger partial charge is 0.492 e. The number of hydrogen-bond donors (Lipinski definition) is 2. The number of nitrogens with one attached hydrogen (secondary N) is 1. The van der Waals surface area contributed by atoms with Crippen molar-refractivity contribution in [3.05, 3.63) is 24.4 Å². The van der Waals surface area contributed by atoms with Crippen molar-refractivity contribution in [2.24, 2.45) is 0 Å². The molecule has 2 aromatic rings. The van der Waals surface area contributed by atoms with Gasteiger partial charge in [0.05, 0.1) is 0 Å². The molecule has 0 atom stereocenters. The Morgan fingerprint density at radius 3 is 3.07 bits per heavy atom. The van der Waals surface area contributed by atoms with Gasteiger partial charge in [-0.05, 0) is 25.0 Å². The predicted octanol–water partition coefficient (Wildman–Crippen LogP) is 1.61. The molecule has 0 saturated heterocycles. The number of rotatable bonds is 2. The second kappa shape index (κ2) is 2.64. The van der Waals surface area contributed by atoms with Crippen LogP contribution >= 0.6 is 0 Å². The van der Waals surface area contributed by atoms with Crippen molar-refractivity contribution in [2.75, 3.05) is 5.32 Å². The van der Waals surface area contributed by atoms with Crippen molar-refractivity contribution in [1.29, 1.82) is 0 Å². The van der Waals surface area contributed by atoms with Gasteiger partial charge in [0.1, 0.15) is 5.52 Å². The first-order valence-corrected chi connectivity index (χ1v) is 4.77. The van der Waals surface area contributed by atoms with Crippen LogP contribution in [0.2, 0.25) is 0 Å². The predicted molar refractivity (Wildman–Crippen MR) is 53.5 cm³/mol. The van der Waals surface area contributed by atoms with E-state index in [-0.39, 0.29) is 5.88 Å². The molecule has 3 rings (SSSR count). The van der Waals surface area contributed by atoms with Crippen LogP contribution in [0.5, 0.6) is 5.88 Å². The van der Waals surface area contributed by atoms with E-state index in [0.29, 0.717) is 6.04 Å². The lowest BCUT2D eigenvalue weighted by molar-refractivity contribution is 0.463. The van der Waals surface area contributed by atoms with E-state index in [9.17, 15) is 5.11 Å². The average Bonchev–Trinajstić information content (AvgIpc) is 2.95. The smallest absolute Gasteiger partial charge is 0.239 e. The van der Waals surface area contributed by atoms with Crippen LogP contribution in [0, 0.1) is 0 Å². The number of pyridine rings is 1. The Hall–Kier alpha value is -1.71.